The van der Waals surface area contributed by atoms with Crippen LogP contribution in [-0.4, -0.2) is 13.4 Å². The van der Waals surface area contributed by atoms with E-state index in [0.29, 0.717) is 10.2 Å². The number of hydrogen-bond donors (Lipinski definition) is 2. The molecule has 0 aliphatic rings. The molecular formula is C13H13Br2N3O2S. The first-order chi connectivity index (χ1) is 9.70. The molecule has 0 atom stereocenters. The summed E-state index contributed by atoms with van der Waals surface area (Å²) in [7, 11) is -3.80. The number of sulfonamides is 1. The Balaban J connectivity index is 2.45. The third-order valence-electron chi connectivity index (χ3n) is 2.83. The maximum Gasteiger partial charge on any atom is 0.265 e. The van der Waals surface area contributed by atoms with Gasteiger partial charge in [0.1, 0.15) is 10.7 Å². The van der Waals surface area contributed by atoms with Gasteiger partial charge in [-0.1, -0.05) is 15.9 Å². The van der Waals surface area contributed by atoms with Gasteiger partial charge in [0.25, 0.3) is 10.0 Å². The number of rotatable bonds is 3. The van der Waals surface area contributed by atoms with Gasteiger partial charge < -0.3 is 5.73 Å². The summed E-state index contributed by atoms with van der Waals surface area (Å²) in [6.45, 7) is 3.79. The molecule has 0 saturated carbocycles. The van der Waals surface area contributed by atoms with Gasteiger partial charge in [0, 0.05) is 20.8 Å². The molecule has 0 unspecified atom stereocenters. The topological polar surface area (TPSA) is 85.1 Å². The van der Waals surface area contributed by atoms with Gasteiger partial charge in [0.15, 0.2) is 0 Å². The number of hydrogen-bond acceptors (Lipinski definition) is 4. The van der Waals surface area contributed by atoms with Crippen LogP contribution in [0, 0.1) is 13.8 Å². The highest BCUT2D eigenvalue weighted by Crippen LogP contribution is 2.28. The number of halogens is 2. The average Bonchev–Trinajstić information content (AvgIpc) is 2.38. The van der Waals surface area contributed by atoms with Crippen molar-refractivity contribution in [1.82, 2.24) is 4.98 Å². The lowest BCUT2D eigenvalue weighted by molar-refractivity contribution is 0.601. The molecule has 0 spiro atoms. The highest BCUT2D eigenvalue weighted by molar-refractivity contribution is 9.10. The van der Waals surface area contributed by atoms with Crippen molar-refractivity contribution in [2.75, 3.05) is 10.5 Å². The highest BCUT2D eigenvalue weighted by Gasteiger charge is 2.19. The number of nitrogens with zero attached hydrogens (tertiary/aromatic N) is 1. The molecular weight excluding hydrogens is 422 g/mol. The number of nitrogen functional groups attached to an aromatic ring is 1. The number of anilines is 2. The monoisotopic (exact) mass is 433 g/mol. The molecule has 1 aromatic heterocycles. The largest absolute Gasteiger partial charge is 0.383 e. The smallest absolute Gasteiger partial charge is 0.265 e. The van der Waals surface area contributed by atoms with Crippen LogP contribution in [0.4, 0.5) is 11.5 Å². The Morgan fingerprint density at radius 2 is 1.71 bits per heavy atom. The molecule has 3 N–H and O–H groups in total. The van der Waals surface area contributed by atoms with Crippen molar-refractivity contribution in [3.05, 3.63) is 44.5 Å². The van der Waals surface area contributed by atoms with Crippen LogP contribution in [0.1, 0.15) is 11.1 Å². The first-order valence-corrected chi connectivity index (χ1v) is 8.98. The third-order valence-corrected chi connectivity index (χ3v) is 5.92. The zero-order chi connectivity index (χ0) is 15.8. The summed E-state index contributed by atoms with van der Waals surface area (Å²) < 4.78 is 28.9. The number of nitrogens with two attached hydrogens (primary N) is 1. The summed E-state index contributed by atoms with van der Waals surface area (Å²) in [4.78, 5) is 3.78. The minimum absolute atomic E-state index is 0.0451. The van der Waals surface area contributed by atoms with Gasteiger partial charge >= 0.3 is 0 Å². The second kappa shape index (κ2) is 5.94. The second-order valence-electron chi connectivity index (χ2n) is 4.57. The van der Waals surface area contributed by atoms with Gasteiger partial charge in [-0.25, -0.2) is 13.4 Å². The maximum absolute atomic E-state index is 12.4. The summed E-state index contributed by atoms with van der Waals surface area (Å²) in [6, 6.07) is 4.91. The van der Waals surface area contributed by atoms with Crippen molar-refractivity contribution in [3.63, 3.8) is 0 Å². The Labute approximate surface area is 140 Å². The van der Waals surface area contributed by atoms with Crippen LogP contribution >= 0.6 is 31.9 Å². The van der Waals surface area contributed by atoms with Gasteiger partial charge in [-0.05, 0) is 59.1 Å². The molecule has 5 nitrogen and oxygen atoms in total. The van der Waals surface area contributed by atoms with E-state index >= 15 is 0 Å². The Hall–Kier alpha value is -1.12. The summed E-state index contributed by atoms with van der Waals surface area (Å²) in [5.74, 6) is -0.0451. The second-order valence-corrected chi connectivity index (χ2v) is 7.93. The van der Waals surface area contributed by atoms with E-state index < -0.39 is 10.0 Å². The van der Waals surface area contributed by atoms with Crippen LogP contribution < -0.4 is 10.5 Å². The van der Waals surface area contributed by atoms with E-state index in [1.54, 1.807) is 12.1 Å². The van der Waals surface area contributed by atoms with E-state index in [2.05, 4.69) is 41.6 Å². The third kappa shape index (κ3) is 3.56. The SMILES string of the molecule is Cc1cc(NS(=O)(=O)c2cc(Br)cnc2N)cc(C)c1Br. The van der Waals surface area contributed by atoms with E-state index in [0.717, 1.165) is 15.6 Å². The molecule has 0 saturated heterocycles. The Morgan fingerprint density at radius 1 is 1.14 bits per heavy atom. The summed E-state index contributed by atoms with van der Waals surface area (Å²) in [6.07, 6.45) is 1.45. The Kier molecular flexibility index (Phi) is 4.60. The van der Waals surface area contributed by atoms with E-state index in [4.69, 9.17) is 5.73 Å². The molecule has 0 fully saturated rings. The molecule has 0 aliphatic carbocycles. The number of nitrogens with one attached hydrogen (secondary N) is 1. The molecule has 0 radical (unpaired) electrons. The standard InChI is InChI=1S/C13H13Br2N3O2S/c1-7-3-10(4-8(2)12(7)15)18-21(19,20)11-5-9(14)6-17-13(11)16/h3-6,18H,1-2H3,(H2,16,17). The molecule has 112 valence electrons. The Bertz CT molecular complexity index is 784. The van der Waals surface area contributed by atoms with E-state index in [-0.39, 0.29) is 10.7 Å². The molecule has 2 aromatic rings. The minimum atomic E-state index is -3.80. The lowest BCUT2D eigenvalue weighted by atomic mass is 10.1. The van der Waals surface area contributed by atoms with E-state index in [9.17, 15) is 8.42 Å². The quantitative estimate of drug-likeness (QED) is 0.772. The summed E-state index contributed by atoms with van der Waals surface area (Å²) >= 11 is 6.64. The zero-order valence-electron chi connectivity index (χ0n) is 11.3. The van der Waals surface area contributed by atoms with Gasteiger partial charge in [0.05, 0.1) is 0 Å². The van der Waals surface area contributed by atoms with Crippen molar-refractivity contribution in [1.29, 1.82) is 0 Å². The van der Waals surface area contributed by atoms with Crippen molar-refractivity contribution in [2.24, 2.45) is 0 Å². The predicted octanol–water partition coefficient (Wildman–Crippen LogP) is 3.61. The van der Waals surface area contributed by atoms with Crippen molar-refractivity contribution in [2.45, 2.75) is 18.7 Å². The van der Waals surface area contributed by atoms with Gasteiger partial charge in [-0.2, -0.15) is 0 Å². The van der Waals surface area contributed by atoms with E-state index in [1.165, 1.54) is 12.3 Å². The molecule has 1 heterocycles. The molecule has 21 heavy (non-hydrogen) atoms. The number of aromatic nitrogens is 1. The summed E-state index contributed by atoms with van der Waals surface area (Å²) in [5.41, 5.74) is 8.01. The van der Waals surface area contributed by atoms with Crippen molar-refractivity contribution in [3.8, 4) is 0 Å². The van der Waals surface area contributed by atoms with Crippen molar-refractivity contribution < 1.29 is 8.42 Å². The molecule has 0 bridgehead atoms. The first-order valence-electron chi connectivity index (χ1n) is 5.91. The predicted molar refractivity (Wildman–Crippen MR) is 90.8 cm³/mol. The van der Waals surface area contributed by atoms with Gasteiger partial charge in [0.2, 0.25) is 0 Å². The molecule has 8 heteroatoms. The first kappa shape index (κ1) is 16.3. The van der Waals surface area contributed by atoms with Crippen molar-refractivity contribution >= 4 is 53.4 Å². The van der Waals surface area contributed by atoms with Crippen LogP contribution in [0.5, 0.6) is 0 Å². The fourth-order valence-electron chi connectivity index (χ4n) is 1.86. The molecule has 2 rings (SSSR count). The van der Waals surface area contributed by atoms with Gasteiger partial charge in [-0.3, -0.25) is 4.72 Å². The van der Waals surface area contributed by atoms with E-state index in [1.807, 2.05) is 13.8 Å². The lowest BCUT2D eigenvalue weighted by Gasteiger charge is -2.12. The average molecular weight is 435 g/mol. The van der Waals surface area contributed by atoms with Crippen LogP contribution in [0.25, 0.3) is 0 Å². The van der Waals surface area contributed by atoms with Crippen LogP contribution in [0.3, 0.4) is 0 Å². The fourth-order valence-corrected chi connectivity index (χ4v) is 3.72. The zero-order valence-corrected chi connectivity index (χ0v) is 15.3. The maximum atomic E-state index is 12.4. The van der Waals surface area contributed by atoms with Gasteiger partial charge in [-0.15, -0.1) is 0 Å². The van der Waals surface area contributed by atoms with Crippen LogP contribution in [0.2, 0.25) is 0 Å². The molecule has 0 amide bonds. The number of pyridine rings is 1. The van der Waals surface area contributed by atoms with Crippen LogP contribution in [0.15, 0.2) is 38.2 Å². The minimum Gasteiger partial charge on any atom is -0.383 e. The fraction of sp³-hybridized carbons (Fsp3) is 0.154. The molecule has 1 aromatic carbocycles. The normalized spacial score (nSPS) is 11.4. The van der Waals surface area contributed by atoms with Crippen LogP contribution in [-0.2, 0) is 10.0 Å². The number of aryl methyl sites for hydroxylation is 2. The summed E-state index contributed by atoms with van der Waals surface area (Å²) in [5, 5.41) is 0. The number of benzene rings is 1. The molecule has 0 aliphatic heterocycles. The Morgan fingerprint density at radius 3 is 2.29 bits per heavy atom. The lowest BCUT2D eigenvalue weighted by Crippen LogP contribution is -2.15. The highest BCUT2D eigenvalue weighted by atomic mass is 79.9.